The average molecular weight is 503 g/mol. The van der Waals surface area contributed by atoms with Crippen molar-refractivity contribution >= 4 is 34.3 Å². The second-order valence-corrected chi connectivity index (χ2v) is 9.34. The van der Waals surface area contributed by atoms with E-state index in [0.29, 0.717) is 61.0 Å². The van der Waals surface area contributed by atoms with Gasteiger partial charge in [0.2, 0.25) is 5.91 Å². The molecule has 1 fully saturated rings. The minimum absolute atomic E-state index is 0.175. The molecule has 0 unspecified atom stereocenters. The third kappa shape index (κ3) is 4.69. The Morgan fingerprint density at radius 3 is 2.65 bits per heavy atom. The van der Waals surface area contributed by atoms with E-state index in [9.17, 15) is 14.4 Å². The number of para-hydroxylation sites is 1. The molecule has 2 aromatic carbocycles. The van der Waals surface area contributed by atoms with Gasteiger partial charge in [-0.2, -0.15) is 0 Å². The molecule has 0 saturated carbocycles. The van der Waals surface area contributed by atoms with Gasteiger partial charge in [-0.3, -0.25) is 14.4 Å². The molecule has 9 heteroatoms. The second kappa shape index (κ2) is 9.72. The van der Waals surface area contributed by atoms with E-state index < -0.39 is 5.72 Å². The predicted octanol–water partition coefficient (Wildman–Crippen LogP) is 3.91. The summed E-state index contributed by atoms with van der Waals surface area (Å²) in [5.41, 5.74) is 2.19. The maximum Gasteiger partial charge on any atom is 0.272 e. The Balaban J connectivity index is 1.35. The quantitative estimate of drug-likeness (QED) is 0.548. The Kier molecular flexibility index (Phi) is 6.45. The summed E-state index contributed by atoms with van der Waals surface area (Å²) >= 11 is 0. The second-order valence-electron chi connectivity index (χ2n) is 9.34. The zero-order valence-corrected chi connectivity index (χ0v) is 21.2. The summed E-state index contributed by atoms with van der Waals surface area (Å²) in [5, 5.41) is 6.56. The van der Waals surface area contributed by atoms with E-state index in [4.69, 9.17) is 14.5 Å². The van der Waals surface area contributed by atoms with E-state index in [2.05, 4.69) is 17.6 Å². The lowest BCUT2D eigenvalue weighted by molar-refractivity contribution is -0.114. The van der Waals surface area contributed by atoms with Crippen LogP contribution in [0.15, 0.2) is 42.5 Å². The van der Waals surface area contributed by atoms with Gasteiger partial charge in [-0.25, -0.2) is 4.98 Å². The summed E-state index contributed by atoms with van der Waals surface area (Å²) in [4.78, 5) is 44.2. The monoisotopic (exact) mass is 502 g/mol. The molecule has 1 aromatic heterocycles. The van der Waals surface area contributed by atoms with Crippen LogP contribution >= 0.6 is 0 Å². The molecule has 0 bridgehead atoms. The lowest BCUT2D eigenvalue weighted by Gasteiger charge is -2.44. The molecule has 0 aliphatic carbocycles. The van der Waals surface area contributed by atoms with E-state index in [1.807, 2.05) is 25.1 Å². The lowest BCUT2D eigenvalue weighted by atomic mass is 9.96. The fraction of sp³-hybridized carbons (Fsp3) is 0.357. The first kappa shape index (κ1) is 24.5. The van der Waals surface area contributed by atoms with Crippen LogP contribution in [-0.2, 0) is 11.2 Å². The number of benzene rings is 2. The number of anilines is 1. The van der Waals surface area contributed by atoms with E-state index in [0.717, 1.165) is 22.9 Å². The van der Waals surface area contributed by atoms with Gasteiger partial charge in [0.25, 0.3) is 11.8 Å². The summed E-state index contributed by atoms with van der Waals surface area (Å²) < 4.78 is 12.1. The van der Waals surface area contributed by atoms with Gasteiger partial charge in [0.1, 0.15) is 17.2 Å². The van der Waals surface area contributed by atoms with Crippen LogP contribution in [0.4, 0.5) is 5.69 Å². The van der Waals surface area contributed by atoms with E-state index in [1.54, 1.807) is 29.2 Å². The number of pyridine rings is 1. The smallest absolute Gasteiger partial charge is 0.272 e. The molecule has 1 saturated heterocycles. The summed E-state index contributed by atoms with van der Waals surface area (Å²) in [6.45, 7) is 6.68. The highest BCUT2D eigenvalue weighted by Gasteiger charge is 2.43. The molecule has 5 rings (SSSR count). The van der Waals surface area contributed by atoms with Crippen molar-refractivity contribution < 1.29 is 23.9 Å². The maximum absolute atomic E-state index is 13.5. The Morgan fingerprint density at radius 2 is 1.95 bits per heavy atom. The highest BCUT2D eigenvalue weighted by Crippen LogP contribution is 2.36. The number of carbonyl (C=O) groups excluding carboxylic acids is 3. The Bertz CT molecular complexity index is 1390. The molecular formula is C28H30N4O5. The van der Waals surface area contributed by atoms with Crippen LogP contribution in [0.2, 0.25) is 0 Å². The Hall–Kier alpha value is -4.14. The minimum atomic E-state index is -0.890. The van der Waals surface area contributed by atoms with Gasteiger partial charge in [0.05, 0.1) is 17.7 Å². The number of aromatic nitrogens is 1. The van der Waals surface area contributed by atoms with Crippen molar-refractivity contribution in [2.75, 3.05) is 25.0 Å². The van der Waals surface area contributed by atoms with Crippen molar-refractivity contribution in [3.63, 3.8) is 0 Å². The lowest BCUT2D eigenvalue weighted by Crippen LogP contribution is -2.61. The number of ether oxygens (including phenoxy) is 2. The van der Waals surface area contributed by atoms with Crippen LogP contribution in [0.5, 0.6) is 11.5 Å². The summed E-state index contributed by atoms with van der Waals surface area (Å²) in [6, 6.07) is 12.7. The van der Waals surface area contributed by atoms with Crippen molar-refractivity contribution in [2.24, 2.45) is 0 Å². The molecule has 2 N–H and O–H groups in total. The fourth-order valence-corrected chi connectivity index (χ4v) is 4.99. The molecule has 2 aliphatic heterocycles. The third-order valence-electron chi connectivity index (χ3n) is 6.83. The zero-order valence-electron chi connectivity index (χ0n) is 21.2. The van der Waals surface area contributed by atoms with Gasteiger partial charge >= 0.3 is 0 Å². The summed E-state index contributed by atoms with van der Waals surface area (Å²) in [7, 11) is 0. The Morgan fingerprint density at radius 1 is 1.16 bits per heavy atom. The molecule has 192 valence electrons. The highest BCUT2D eigenvalue weighted by atomic mass is 16.5. The van der Waals surface area contributed by atoms with Crippen LogP contribution < -0.4 is 20.1 Å². The van der Waals surface area contributed by atoms with Crippen LogP contribution in [0.25, 0.3) is 10.9 Å². The molecule has 0 radical (unpaired) electrons. The normalized spacial score (nSPS) is 16.1. The number of fused-ring (bicyclic) bond motifs is 2. The number of nitrogens with zero attached hydrogens (tertiary/aromatic N) is 2. The first-order chi connectivity index (χ1) is 17.8. The number of aryl methyl sites for hydroxylation is 1. The predicted molar refractivity (Wildman–Crippen MR) is 139 cm³/mol. The molecule has 3 heterocycles. The van der Waals surface area contributed by atoms with Gasteiger partial charge in [-0.05, 0) is 43.2 Å². The molecular weight excluding hydrogens is 472 g/mol. The molecule has 37 heavy (non-hydrogen) atoms. The van der Waals surface area contributed by atoms with E-state index in [-0.39, 0.29) is 17.7 Å². The SMILES string of the molecule is CCOc1cc(C(=O)N2CCC3(CC2)NC(=O)c2cc(NC(C)=O)ccc2O3)nc2c(CC)cccc12. The van der Waals surface area contributed by atoms with Gasteiger partial charge in [-0.15, -0.1) is 0 Å². The number of nitrogens with one attached hydrogen (secondary N) is 2. The molecule has 3 amide bonds. The van der Waals surface area contributed by atoms with Gasteiger partial charge in [0, 0.05) is 50.0 Å². The first-order valence-electron chi connectivity index (χ1n) is 12.6. The van der Waals surface area contributed by atoms with Crippen LogP contribution in [0.1, 0.15) is 60.0 Å². The molecule has 2 aliphatic rings. The summed E-state index contributed by atoms with van der Waals surface area (Å²) in [6.07, 6.45) is 1.66. The van der Waals surface area contributed by atoms with Gasteiger partial charge < -0.3 is 25.0 Å². The highest BCUT2D eigenvalue weighted by molar-refractivity contribution is 6.01. The van der Waals surface area contributed by atoms with Crippen molar-refractivity contribution in [1.29, 1.82) is 0 Å². The number of hydrogen-bond acceptors (Lipinski definition) is 6. The van der Waals surface area contributed by atoms with Gasteiger partial charge in [0.15, 0.2) is 5.72 Å². The molecule has 9 nitrogen and oxygen atoms in total. The Labute approximate surface area is 215 Å². The molecule has 1 spiro atoms. The maximum atomic E-state index is 13.5. The topological polar surface area (TPSA) is 110 Å². The molecule has 3 aromatic rings. The third-order valence-corrected chi connectivity index (χ3v) is 6.83. The average Bonchev–Trinajstić information content (AvgIpc) is 2.88. The van der Waals surface area contributed by atoms with Gasteiger partial charge in [-0.1, -0.05) is 19.1 Å². The van der Waals surface area contributed by atoms with Crippen LogP contribution in [0.3, 0.4) is 0 Å². The number of likely N-dealkylation sites (tertiary alicyclic amines) is 1. The number of hydrogen-bond donors (Lipinski definition) is 2. The standard InChI is InChI=1S/C28H30N4O5/c1-4-18-7-6-8-20-24(36-5-2)16-22(30-25(18)20)27(35)32-13-11-28(12-14-32)31-26(34)21-15-19(29-17(3)33)9-10-23(21)37-28/h6-10,15-16H,4-5,11-14H2,1-3H3,(H,29,33)(H,31,34). The van der Waals surface area contributed by atoms with Crippen molar-refractivity contribution in [3.8, 4) is 11.5 Å². The van der Waals surface area contributed by atoms with Crippen LogP contribution in [-0.4, -0.2) is 53.0 Å². The van der Waals surface area contributed by atoms with E-state index in [1.165, 1.54) is 6.92 Å². The molecule has 0 atom stereocenters. The van der Waals surface area contributed by atoms with Crippen molar-refractivity contribution in [2.45, 2.75) is 45.8 Å². The summed E-state index contributed by atoms with van der Waals surface area (Å²) in [5.74, 6) is 0.454. The number of carbonyl (C=O) groups is 3. The number of rotatable bonds is 5. The fourth-order valence-electron chi connectivity index (χ4n) is 4.99. The van der Waals surface area contributed by atoms with E-state index >= 15 is 0 Å². The largest absolute Gasteiger partial charge is 0.493 e. The van der Waals surface area contributed by atoms with Crippen molar-refractivity contribution in [3.05, 3.63) is 59.3 Å². The minimum Gasteiger partial charge on any atom is -0.493 e. The first-order valence-corrected chi connectivity index (χ1v) is 12.6. The van der Waals surface area contributed by atoms with Crippen molar-refractivity contribution in [1.82, 2.24) is 15.2 Å². The van der Waals surface area contributed by atoms with Crippen LogP contribution in [0, 0.1) is 0 Å². The zero-order chi connectivity index (χ0) is 26.2. The number of piperidine rings is 1. The number of amides is 3.